The molecule has 0 saturated carbocycles. The molecule has 1 fully saturated rings. The van der Waals surface area contributed by atoms with Crippen LogP contribution in [0, 0.1) is 0 Å². The van der Waals surface area contributed by atoms with Crippen LogP contribution in [0.3, 0.4) is 0 Å². The molecule has 2 aromatic rings. The zero-order chi connectivity index (χ0) is 13.8. The lowest BCUT2D eigenvalue weighted by Crippen LogP contribution is -2.07. The van der Waals surface area contributed by atoms with Gasteiger partial charge in [-0.2, -0.15) is 0 Å². The fourth-order valence-corrected chi connectivity index (χ4v) is 1.69. The average molecular weight is 281 g/mol. The van der Waals surface area contributed by atoms with Gasteiger partial charge in [0.1, 0.15) is 29.3 Å². The number of halogens is 1. The molecule has 0 aliphatic carbocycles. The topological polar surface area (TPSA) is 70.1 Å². The summed E-state index contributed by atoms with van der Waals surface area (Å²) in [7, 11) is 0. The largest absolute Gasteiger partial charge is 0.508 e. The Kier molecular flexibility index (Phi) is 4.24. The second-order valence-corrected chi connectivity index (χ2v) is 4.67. The molecule has 3 rings (SSSR count). The molecule has 1 heterocycles. The number of alkyl halides is 1. The van der Waals surface area contributed by atoms with Crippen molar-refractivity contribution >= 4 is 28.7 Å². The van der Waals surface area contributed by atoms with Crippen molar-refractivity contribution in [3.8, 4) is 11.5 Å². The van der Waals surface area contributed by atoms with Gasteiger partial charge >= 0.3 is 0 Å². The molecule has 1 saturated heterocycles. The number of carbonyl (C=O) groups excluding carboxylic acids is 1. The molecule has 1 aliphatic heterocycles. The van der Waals surface area contributed by atoms with Crippen molar-refractivity contribution in [1.29, 1.82) is 0 Å². The van der Waals surface area contributed by atoms with Gasteiger partial charge in [-0.1, -0.05) is 12.1 Å². The van der Waals surface area contributed by atoms with Crippen LogP contribution in [0.2, 0.25) is 0 Å². The summed E-state index contributed by atoms with van der Waals surface area (Å²) in [6.45, 7) is 0.646. The van der Waals surface area contributed by atoms with Gasteiger partial charge in [0.15, 0.2) is 0 Å². The molecule has 100 valence electrons. The van der Waals surface area contributed by atoms with Crippen LogP contribution < -0.4 is 0 Å². The molecule has 4 nitrogen and oxygen atoms in total. The molecular weight excluding hydrogens is 268 g/mol. The number of hydrogen-bond donors (Lipinski definition) is 2. The summed E-state index contributed by atoms with van der Waals surface area (Å²) in [6.07, 6.45) is 0.707. The molecular formula is C14H13ClO4. The summed E-state index contributed by atoms with van der Waals surface area (Å²) >= 11 is 5.37. The highest BCUT2D eigenvalue weighted by atomic mass is 35.5. The third kappa shape index (κ3) is 3.84. The van der Waals surface area contributed by atoms with Gasteiger partial charge in [0.2, 0.25) is 0 Å². The highest BCUT2D eigenvalue weighted by molar-refractivity contribution is 6.28. The minimum Gasteiger partial charge on any atom is -0.508 e. The van der Waals surface area contributed by atoms with Crippen molar-refractivity contribution in [3.05, 3.63) is 36.4 Å². The minimum absolute atomic E-state index is 0.0131. The standard InChI is InChI=1S/C10H8O2.C4H5ClO2/c11-9-3-1-7-2-4-10(12)6-8(7)5-9;5-3(1-6)4-2-7-4/h1-6,11-12H;1,3-4H,2H2. The number of phenols is 2. The number of carbonyl (C=O) groups is 1. The summed E-state index contributed by atoms with van der Waals surface area (Å²) in [6, 6.07) is 10.1. The van der Waals surface area contributed by atoms with E-state index < -0.39 is 5.38 Å². The lowest BCUT2D eigenvalue weighted by Gasteiger charge is -1.98. The lowest BCUT2D eigenvalue weighted by molar-refractivity contribution is -0.107. The molecule has 2 unspecified atom stereocenters. The number of hydrogen-bond acceptors (Lipinski definition) is 4. The van der Waals surface area contributed by atoms with Crippen LogP contribution in [0.15, 0.2) is 36.4 Å². The number of ether oxygens (including phenoxy) is 1. The van der Waals surface area contributed by atoms with E-state index in [1.807, 2.05) is 12.1 Å². The van der Waals surface area contributed by atoms with E-state index in [0.29, 0.717) is 12.9 Å². The maximum atomic E-state index is 9.77. The van der Waals surface area contributed by atoms with E-state index in [9.17, 15) is 4.79 Å². The predicted octanol–water partition coefficient (Wildman–Crippen LogP) is 2.44. The molecule has 1 aliphatic rings. The highest BCUT2D eigenvalue weighted by Gasteiger charge is 2.30. The lowest BCUT2D eigenvalue weighted by atomic mass is 10.1. The Morgan fingerprint density at radius 1 is 1.16 bits per heavy atom. The molecule has 19 heavy (non-hydrogen) atoms. The van der Waals surface area contributed by atoms with Gasteiger partial charge < -0.3 is 19.7 Å². The monoisotopic (exact) mass is 280 g/mol. The van der Waals surface area contributed by atoms with Gasteiger partial charge in [-0.05, 0) is 35.0 Å². The van der Waals surface area contributed by atoms with E-state index in [2.05, 4.69) is 0 Å². The summed E-state index contributed by atoms with van der Waals surface area (Å²) in [5.74, 6) is 0.432. The first-order chi connectivity index (χ1) is 9.10. The van der Waals surface area contributed by atoms with Gasteiger partial charge in [0, 0.05) is 0 Å². The Bertz CT molecular complexity index is 544. The van der Waals surface area contributed by atoms with E-state index in [0.717, 1.165) is 10.8 Å². The Hall–Kier alpha value is -1.78. The van der Waals surface area contributed by atoms with E-state index in [4.69, 9.17) is 26.6 Å². The van der Waals surface area contributed by atoms with Gasteiger partial charge in [-0.3, -0.25) is 0 Å². The molecule has 0 spiro atoms. The first-order valence-electron chi connectivity index (χ1n) is 5.73. The Morgan fingerprint density at radius 2 is 1.68 bits per heavy atom. The zero-order valence-corrected chi connectivity index (χ0v) is 10.7. The highest BCUT2D eigenvalue weighted by Crippen LogP contribution is 2.23. The van der Waals surface area contributed by atoms with Crippen LogP contribution in [-0.2, 0) is 9.53 Å². The van der Waals surface area contributed by atoms with Crippen molar-refractivity contribution in [2.24, 2.45) is 0 Å². The van der Waals surface area contributed by atoms with E-state index in [1.165, 1.54) is 0 Å². The molecule has 2 atom stereocenters. The Balaban J connectivity index is 0.000000163. The Labute approximate surface area is 115 Å². The summed E-state index contributed by atoms with van der Waals surface area (Å²) in [5.41, 5.74) is 0. The van der Waals surface area contributed by atoms with Gasteiger partial charge in [0.25, 0.3) is 0 Å². The number of aldehydes is 1. The SMILES string of the molecule is O=CC(Cl)C1CO1.Oc1ccc2ccc(O)cc2c1. The first kappa shape index (κ1) is 13.6. The summed E-state index contributed by atoms with van der Waals surface area (Å²) in [4.78, 5) is 9.77. The van der Waals surface area contributed by atoms with E-state index in [1.54, 1.807) is 24.3 Å². The number of phenolic OH excluding ortho intramolecular Hbond substituents is 2. The molecule has 0 aromatic heterocycles. The smallest absolute Gasteiger partial charge is 0.140 e. The third-order valence-electron chi connectivity index (χ3n) is 2.65. The van der Waals surface area contributed by atoms with Crippen LogP contribution >= 0.6 is 11.6 Å². The Morgan fingerprint density at radius 3 is 2.05 bits per heavy atom. The normalized spacial score (nSPS) is 18.3. The number of fused-ring (bicyclic) bond motifs is 1. The van der Waals surface area contributed by atoms with E-state index in [-0.39, 0.29) is 17.6 Å². The summed E-state index contributed by atoms with van der Waals surface area (Å²) < 4.78 is 4.70. The number of benzene rings is 2. The van der Waals surface area contributed by atoms with Gasteiger partial charge in [-0.15, -0.1) is 11.6 Å². The van der Waals surface area contributed by atoms with Gasteiger partial charge in [-0.25, -0.2) is 0 Å². The van der Waals surface area contributed by atoms with Crippen LogP contribution in [-0.4, -0.2) is 34.6 Å². The van der Waals surface area contributed by atoms with Crippen LogP contribution in [0.25, 0.3) is 10.8 Å². The number of epoxide rings is 1. The predicted molar refractivity (Wildman–Crippen MR) is 72.7 cm³/mol. The summed E-state index contributed by atoms with van der Waals surface area (Å²) in [5, 5.41) is 19.7. The molecule has 2 aromatic carbocycles. The van der Waals surface area contributed by atoms with Crippen molar-refractivity contribution in [3.63, 3.8) is 0 Å². The zero-order valence-electron chi connectivity index (χ0n) is 9.99. The molecule has 0 amide bonds. The fraction of sp³-hybridized carbons (Fsp3) is 0.214. The van der Waals surface area contributed by atoms with Crippen molar-refractivity contribution in [1.82, 2.24) is 0 Å². The van der Waals surface area contributed by atoms with Crippen molar-refractivity contribution in [2.75, 3.05) is 6.61 Å². The molecule has 2 N–H and O–H groups in total. The van der Waals surface area contributed by atoms with Gasteiger partial charge in [0.05, 0.1) is 6.61 Å². The van der Waals surface area contributed by atoms with Crippen molar-refractivity contribution < 1.29 is 19.7 Å². The fourth-order valence-electron chi connectivity index (χ4n) is 1.55. The molecule has 0 radical (unpaired) electrons. The second-order valence-electron chi connectivity index (χ2n) is 4.17. The quantitative estimate of drug-likeness (QED) is 0.504. The number of rotatable bonds is 2. The number of aromatic hydroxyl groups is 2. The molecule has 5 heteroatoms. The minimum atomic E-state index is -0.417. The maximum absolute atomic E-state index is 9.77. The third-order valence-corrected chi connectivity index (χ3v) is 3.04. The van der Waals surface area contributed by atoms with Crippen LogP contribution in [0.1, 0.15) is 0 Å². The van der Waals surface area contributed by atoms with Crippen LogP contribution in [0.5, 0.6) is 11.5 Å². The first-order valence-corrected chi connectivity index (χ1v) is 6.16. The maximum Gasteiger partial charge on any atom is 0.140 e. The second kappa shape index (κ2) is 5.91. The van der Waals surface area contributed by atoms with Crippen LogP contribution in [0.4, 0.5) is 0 Å². The van der Waals surface area contributed by atoms with Crippen molar-refractivity contribution in [2.45, 2.75) is 11.5 Å². The molecule has 0 bridgehead atoms. The van der Waals surface area contributed by atoms with E-state index >= 15 is 0 Å². The average Bonchev–Trinajstić information content (AvgIpc) is 3.22.